The highest BCUT2D eigenvalue weighted by Gasteiger charge is 2.21. The molecule has 21 heavy (non-hydrogen) atoms. The Bertz CT molecular complexity index is 638. The molecule has 3 heterocycles. The number of likely N-dealkylation sites (tertiary alicyclic amines) is 1. The van der Waals surface area contributed by atoms with Crippen molar-refractivity contribution < 1.29 is 0 Å². The van der Waals surface area contributed by atoms with Crippen molar-refractivity contribution in [1.29, 1.82) is 0 Å². The largest absolute Gasteiger partial charge is 0.350 e. The molecule has 1 aliphatic rings. The Hall–Kier alpha value is -1.37. The Balaban J connectivity index is 0.00000161. The summed E-state index contributed by atoms with van der Waals surface area (Å²) in [6.07, 6.45) is 5.39. The maximum absolute atomic E-state index is 12.2. The fourth-order valence-electron chi connectivity index (χ4n) is 2.96. The van der Waals surface area contributed by atoms with E-state index in [1.165, 1.54) is 12.8 Å². The van der Waals surface area contributed by atoms with Crippen molar-refractivity contribution in [3.05, 3.63) is 34.9 Å². The second-order valence-electron chi connectivity index (χ2n) is 5.36. The molecule has 2 aromatic heterocycles. The van der Waals surface area contributed by atoms with Crippen molar-refractivity contribution in [2.75, 3.05) is 19.6 Å². The van der Waals surface area contributed by atoms with Gasteiger partial charge in [-0.15, -0.1) is 17.5 Å². The summed E-state index contributed by atoms with van der Waals surface area (Å²) in [5.74, 6) is 0. The maximum atomic E-state index is 12.2. The van der Waals surface area contributed by atoms with Crippen LogP contribution in [-0.2, 0) is 6.54 Å². The summed E-state index contributed by atoms with van der Waals surface area (Å²) >= 11 is 0. The van der Waals surface area contributed by atoms with Crippen LogP contribution in [0.15, 0.2) is 29.2 Å². The number of hydrogen-bond donors (Lipinski definition) is 1. The van der Waals surface area contributed by atoms with Crippen LogP contribution in [0.25, 0.3) is 5.65 Å². The van der Waals surface area contributed by atoms with E-state index in [1.54, 1.807) is 15.3 Å². The molecular formula is C14H22ClN5O. The SMILES string of the molecule is Cl.NCC1CCCCN1CCn1nc2ccccn2c1=O. The minimum absolute atomic E-state index is 0. The van der Waals surface area contributed by atoms with Gasteiger partial charge in [0.2, 0.25) is 0 Å². The van der Waals surface area contributed by atoms with Crippen LogP contribution in [0.3, 0.4) is 0 Å². The van der Waals surface area contributed by atoms with E-state index in [4.69, 9.17) is 5.73 Å². The van der Waals surface area contributed by atoms with E-state index in [-0.39, 0.29) is 18.1 Å². The standard InChI is InChI=1S/C14H21N5O.ClH/c15-11-12-5-1-3-7-17(12)9-10-19-14(20)18-8-4-2-6-13(18)16-19;/h2,4,6,8,12H,1,3,5,7,9-11,15H2;1H. The molecule has 1 unspecified atom stereocenters. The highest BCUT2D eigenvalue weighted by molar-refractivity contribution is 5.85. The van der Waals surface area contributed by atoms with Crippen LogP contribution in [-0.4, -0.2) is 44.8 Å². The molecule has 116 valence electrons. The molecule has 0 radical (unpaired) electrons. The van der Waals surface area contributed by atoms with Gasteiger partial charge in [-0.1, -0.05) is 12.5 Å². The molecule has 1 atom stereocenters. The number of fused-ring (bicyclic) bond motifs is 1. The van der Waals surface area contributed by atoms with Crippen LogP contribution in [0.1, 0.15) is 19.3 Å². The van der Waals surface area contributed by atoms with Crippen molar-refractivity contribution in [3.63, 3.8) is 0 Å². The number of rotatable bonds is 4. The van der Waals surface area contributed by atoms with Gasteiger partial charge < -0.3 is 5.73 Å². The molecule has 2 N–H and O–H groups in total. The fraction of sp³-hybridized carbons (Fsp3) is 0.571. The van der Waals surface area contributed by atoms with Gasteiger partial charge in [0.15, 0.2) is 5.65 Å². The third kappa shape index (κ3) is 3.28. The molecule has 0 saturated carbocycles. The Morgan fingerprint density at radius 3 is 2.90 bits per heavy atom. The first-order valence-electron chi connectivity index (χ1n) is 7.28. The van der Waals surface area contributed by atoms with Gasteiger partial charge in [-0.2, -0.15) is 0 Å². The Morgan fingerprint density at radius 2 is 2.14 bits per heavy atom. The Morgan fingerprint density at radius 1 is 1.29 bits per heavy atom. The summed E-state index contributed by atoms with van der Waals surface area (Å²) in [5, 5.41) is 4.36. The zero-order valence-corrected chi connectivity index (χ0v) is 12.8. The van der Waals surface area contributed by atoms with Gasteiger partial charge in [-0.05, 0) is 31.5 Å². The van der Waals surface area contributed by atoms with Crippen molar-refractivity contribution in [1.82, 2.24) is 19.1 Å². The van der Waals surface area contributed by atoms with Crippen LogP contribution in [0.4, 0.5) is 0 Å². The van der Waals surface area contributed by atoms with Crippen LogP contribution in [0.5, 0.6) is 0 Å². The fourth-order valence-corrected chi connectivity index (χ4v) is 2.96. The van der Waals surface area contributed by atoms with Gasteiger partial charge in [-0.3, -0.25) is 9.30 Å². The molecule has 0 aliphatic carbocycles. The molecule has 1 saturated heterocycles. The molecule has 2 aromatic rings. The zero-order valence-electron chi connectivity index (χ0n) is 12.0. The molecule has 0 spiro atoms. The quantitative estimate of drug-likeness (QED) is 0.904. The molecule has 0 aromatic carbocycles. The van der Waals surface area contributed by atoms with E-state index in [0.29, 0.717) is 24.8 Å². The maximum Gasteiger partial charge on any atom is 0.350 e. The number of piperidine rings is 1. The van der Waals surface area contributed by atoms with Crippen molar-refractivity contribution in [2.24, 2.45) is 5.73 Å². The van der Waals surface area contributed by atoms with Crippen molar-refractivity contribution in [3.8, 4) is 0 Å². The monoisotopic (exact) mass is 311 g/mol. The van der Waals surface area contributed by atoms with Gasteiger partial charge in [0.05, 0.1) is 6.54 Å². The molecule has 6 nitrogen and oxygen atoms in total. The number of halogens is 1. The first-order valence-corrected chi connectivity index (χ1v) is 7.28. The van der Waals surface area contributed by atoms with E-state index in [2.05, 4.69) is 10.00 Å². The second-order valence-corrected chi connectivity index (χ2v) is 5.36. The predicted molar refractivity (Wildman–Crippen MR) is 85.0 cm³/mol. The summed E-state index contributed by atoms with van der Waals surface area (Å²) in [6.45, 7) is 3.23. The summed E-state index contributed by atoms with van der Waals surface area (Å²) in [7, 11) is 0. The Labute approximate surface area is 129 Å². The number of nitrogens with two attached hydrogens (primary N) is 1. The lowest BCUT2D eigenvalue weighted by molar-refractivity contribution is 0.145. The number of aromatic nitrogens is 3. The average molecular weight is 312 g/mol. The van der Waals surface area contributed by atoms with E-state index in [9.17, 15) is 4.79 Å². The lowest BCUT2D eigenvalue weighted by atomic mass is 10.0. The summed E-state index contributed by atoms with van der Waals surface area (Å²) < 4.78 is 3.13. The van der Waals surface area contributed by atoms with Gasteiger partial charge in [0, 0.05) is 25.3 Å². The van der Waals surface area contributed by atoms with E-state index in [1.807, 2.05) is 18.2 Å². The highest BCUT2D eigenvalue weighted by atomic mass is 35.5. The third-order valence-corrected chi connectivity index (χ3v) is 4.11. The number of hydrogen-bond acceptors (Lipinski definition) is 4. The second kappa shape index (κ2) is 7.06. The van der Waals surface area contributed by atoms with Gasteiger partial charge >= 0.3 is 5.69 Å². The van der Waals surface area contributed by atoms with Crippen LogP contribution >= 0.6 is 12.4 Å². The van der Waals surface area contributed by atoms with Gasteiger partial charge in [-0.25, -0.2) is 9.48 Å². The summed E-state index contributed by atoms with van der Waals surface area (Å²) in [6, 6.07) is 6.04. The topological polar surface area (TPSA) is 68.6 Å². The molecule has 7 heteroatoms. The van der Waals surface area contributed by atoms with E-state index in [0.717, 1.165) is 19.5 Å². The van der Waals surface area contributed by atoms with Gasteiger partial charge in [0.25, 0.3) is 0 Å². The lowest BCUT2D eigenvalue weighted by Gasteiger charge is -2.34. The first-order chi connectivity index (χ1) is 9.79. The zero-order chi connectivity index (χ0) is 13.9. The molecule has 0 amide bonds. The van der Waals surface area contributed by atoms with Crippen molar-refractivity contribution in [2.45, 2.75) is 31.8 Å². The molecule has 1 fully saturated rings. The minimum atomic E-state index is -0.0677. The molecule has 3 rings (SSSR count). The van der Waals surface area contributed by atoms with Crippen molar-refractivity contribution >= 4 is 18.1 Å². The lowest BCUT2D eigenvalue weighted by Crippen LogP contribution is -2.45. The van der Waals surface area contributed by atoms with Crippen LogP contribution < -0.4 is 11.4 Å². The normalized spacial score (nSPS) is 19.6. The highest BCUT2D eigenvalue weighted by Crippen LogP contribution is 2.15. The smallest absolute Gasteiger partial charge is 0.329 e. The molecule has 1 aliphatic heterocycles. The number of pyridine rings is 1. The summed E-state index contributed by atoms with van der Waals surface area (Å²) in [5.41, 5.74) is 6.46. The van der Waals surface area contributed by atoms with Gasteiger partial charge in [0.1, 0.15) is 0 Å². The van der Waals surface area contributed by atoms with Crippen LogP contribution in [0, 0.1) is 0 Å². The Kier molecular flexibility index (Phi) is 5.39. The van der Waals surface area contributed by atoms with E-state index >= 15 is 0 Å². The molecular weight excluding hydrogens is 290 g/mol. The first kappa shape index (κ1) is 16.0. The molecule has 0 bridgehead atoms. The third-order valence-electron chi connectivity index (χ3n) is 4.11. The van der Waals surface area contributed by atoms with Crippen LogP contribution in [0.2, 0.25) is 0 Å². The summed E-state index contributed by atoms with van der Waals surface area (Å²) in [4.78, 5) is 14.6. The average Bonchev–Trinajstić information content (AvgIpc) is 2.82. The predicted octanol–water partition coefficient (Wildman–Crippen LogP) is 0.731. The van der Waals surface area contributed by atoms with E-state index < -0.39 is 0 Å². The minimum Gasteiger partial charge on any atom is -0.329 e. The number of nitrogens with zero attached hydrogens (tertiary/aromatic N) is 4.